The zero-order valence-electron chi connectivity index (χ0n) is 18.8. The molecular weight excluding hydrogens is 412 g/mol. The molecule has 2 aliphatic rings. The molecule has 9 heteroatoms. The highest BCUT2D eigenvalue weighted by Gasteiger charge is 2.31. The van der Waals surface area contributed by atoms with Gasteiger partial charge in [0.1, 0.15) is 11.6 Å². The average molecular weight is 441 g/mol. The minimum Gasteiger partial charge on any atom is -0.444 e. The number of amides is 3. The van der Waals surface area contributed by atoms with Crippen LogP contribution in [0.5, 0.6) is 0 Å². The molecule has 4 rings (SSSR count). The van der Waals surface area contributed by atoms with Gasteiger partial charge in [-0.25, -0.2) is 9.59 Å². The van der Waals surface area contributed by atoms with Crippen molar-refractivity contribution in [3.63, 3.8) is 0 Å². The van der Waals surface area contributed by atoms with Gasteiger partial charge in [0.15, 0.2) is 0 Å². The van der Waals surface area contributed by atoms with Crippen molar-refractivity contribution < 1.29 is 19.1 Å². The van der Waals surface area contributed by atoms with Gasteiger partial charge in [0.2, 0.25) is 11.8 Å². The number of ether oxygens (including phenoxy) is 1. The molecule has 9 nitrogen and oxygen atoms in total. The fraction of sp³-hybridized carbons (Fsp3) is 0.478. The number of piperidine rings is 1. The molecular formula is C23H28N4O5. The second kappa shape index (κ2) is 7.96. The van der Waals surface area contributed by atoms with Crippen molar-refractivity contribution in [1.29, 1.82) is 0 Å². The molecule has 3 amide bonds. The Kier molecular flexibility index (Phi) is 5.44. The molecule has 0 aliphatic carbocycles. The van der Waals surface area contributed by atoms with Crippen LogP contribution in [0, 0.1) is 0 Å². The summed E-state index contributed by atoms with van der Waals surface area (Å²) in [5, 5.41) is 2.32. The SMILES string of the molecule is Cn1c(=O)n(C2CCC(=O)NC2=O)c2ccc(C3=CCN(C(=O)OC(C)(C)C)CC3)cc21. The van der Waals surface area contributed by atoms with Crippen LogP contribution >= 0.6 is 0 Å². The van der Waals surface area contributed by atoms with Crippen LogP contribution in [0.25, 0.3) is 16.6 Å². The fourth-order valence-corrected chi connectivity index (χ4v) is 4.22. The summed E-state index contributed by atoms with van der Waals surface area (Å²) in [7, 11) is 1.68. The number of aromatic nitrogens is 2. The highest BCUT2D eigenvalue weighted by atomic mass is 16.6. The molecule has 2 aromatic rings. The van der Waals surface area contributed by atoms with Crippen LogP contribution < -0.4 is 11.0 Å². The molecule has 1 aromatic carbocycles. The Labute approximate surface area is 185 Å². The van der Waals surface area contributed by atoms with E-state index in [1.54, 1.807) is 11.9 Å². The van der Waals surface area contributed by atoms with Crippen LogP contribution in [-0.4, -0.2) is 50.6 Å². The molecule has 1 aromatic heterocycles. The van der Waals surface area contributed by atoms with Crippen molar-refractivity contribution >= 4 is 34.5 Å². The van der Waals surface area contributed by atoms with Crippen molar-refractivity contribution in [1.82, 2.24) is 19.4 Å². The standard InChI is InChI=1S/C23H28N4O5/c1-23(2,3)32-22(31)26-11-9-14(10-12-26)15-5-6-16-18(13-15)25(4)21(30)27(16)17-7-8-19(28)24-20(17)29/h5-6,9,13,17H,7-8,10-12H2,1-4H3,(H,24,28,29). The largest absolute Gasteiger partial charge is 0.444 e. The number of hydrogen-bond donors (Lipinski definition) is 1. The first-order valence-electron chi connectivity index (χ1n) is 10.8. The predicted octanol–water partition coefficient (Wildman–Crippen LogP) is 2.34. The van der Waals surface area contributed by atoms with Crippen molar-refractivity contribution in [2.75, 3.05) is 13.1 Å². The third-order valence-electron chi connectivity index (χ3n) is 5.84. The molecule has 0 saturated carbocycles. The van der Waals surface area contributed by atoms with Gasteiger partial charge in [0, 0.05) is 26.6 Å². The number of imidazole rings is 1. The second-order valence-electron chi connectivity index (χ2n) is 9.29. The maximum absolute atomic E-state index is 12.9. The lowest BCUT2D eigenvalue weighted by Gasteiger charge is -2.29. The zero-order chi connectivity index (χ0) is 23.2. The third kappa shape index (κ3) is 4.06. The molecule has 1 unspecified atom stereocenters. The molecule has 0 spiro atoms. The smallest absolute Gasteiger partial charge is 0.410 e. The van der Waals surface area contributed by atoms with Gasteiger partial charge in [-0.2, -0.15) is 0 Å². The number of nitrogens with zero attached hydrogens (tertiary/aromatic N) is 3. The molecule has 1 saturated heterocycles. The number of imide groups is 1. The minimum atomic E-state index is -0.703. The first kappa shape index (κ1) is 21.9. The van der Waals surface area contributed by atoms with E-state index >= 15 is 0 Å². The van der Waals surface area contributed by atoms with Crippen LogP contribution in [0.1, 0.15) is 51.6 Å². The van der Waals surface area contributed by atoms with Crippen molar-refractivity contribution in [3.8, 4) is 0 Å². The van der Waals surface area contributed by atoms with E-state index in [4.69, 9.17) is 4.74 Å². The second-order valence-corrected chi connectivity index (χ2v) is 9.29. The molecule has 1 atom stereocenters. The Hall–Kier alpha value is -3.36. The quantitative estimate of drug-likeness (QED) is 0.722. The van der Waals surface area contributed by atoms with E-state index in [-0.39, 0.29) is 24.1 Å². The minimum absolute atomic E-state index is 0.207. The maximum Gasteiger partial charge on any atom is 0.410 e. The lowest BCUT2D eigenvalue weighted by atomic mass is 9.99. The number of nitrogens with one attached hydrogen (secondary N) is 1. The summed E-state index contributed by atoms with van der Waals surface area (Å²) in [6.45, 7) is 6.54. The number of carbonyl (C=O) groups is 3. The Morgan fingerprint density at radius 1 is 1.12 bits per heavy atom. The summed E-state index contributed by atoms with van der Waals surface area (Å²) in [5.74, 6) is -0.761. The van der Waals surface area contributed by atoms with Crippen LogP contribution in [0.15, 0.2) is 29.1 Å². The van der Waals surface area contributed by atoms with Crippen LogP contribution in [0.4, 0.5) is 4.79 Å². The molecule has 2 aliphatic heterocycles. The molecule has 1 N–H and O–H groups in total. The van der Waals surface area contributed by atoms with Crippen molar-refractivity contribution in [2.24, 2.45) is 7.05 Å². The van der Waals surface area contributed by atoms with Gasteiger partial charge in [-0.1, -0.05) is 12.1 Å². The van der Waals surface area contributed by atoms with Crippen molar-refractivity contribution in [3.05, 3.63) is 40.3 Å². The summed E-state index contributed by atoms with van der Waals surface area (Å²) in [6, 6.07) is 5.01. The van der Waals surface area contributed by atoms with Gasteiger partial charge >= 0.3 is 11.8 Å². The van der Waals surface area contributed by atoms with E-state index < -0.39 is 17.6 Å². The normalized spacial score (nSPS) is 19.7. The van der Waals surface area contributed by atoms with Gasteiger partial charge in [0.05, 0.1) is 11.0 Å². The number of hydrogen-bond acceptors (Lipinski definition) is 5. The monoisotopic (exact) mass is 440 g/mol. The first-order valence-corrected chi connectivity index (χ1v) is 10.8. The first-order chi connectivity index (χ1) is 15.0. The van der Waals surface area contributed by atoms with Crippen LogP contribution in [0.2, 0.25) is 0 Å². The number of fused-ring (bicyclic) bond motifs is 1. The molecule has 170 valence electrons. The van der Waals surface area contributed by atoms with Crippen molar-refractivity contribution in [2.45, 2.75) is 51.7 Å². The van der Waals surface area contributed by atoms with Gasteiger partial charge < -0.3 is 9.64 Å². The summed E-state index contributed by atoms with van der Waals surface area (Å²) in [4.78, 5) is 50.7. The Morgan fingerprint density at radius 3 is 2.50 bits per heavy atom. The fourth-order valence-electron chi connectivity index (χ4n) is 4.22. The number of carbonyl (C=O) groups excluding carboxylic acids is 3. The van der Waals surface area contributed by atoms with E-state index in [1.165, 1.54) is 9.13 Å². The van der Waals surface area contributed by atoms with Crippen LogP contribution in [-0.2, 0) is 21.4 Å². The van der Waals surface area contributed by atoms with Gasteiger partial charge in [-0.05, 0) is 56.9 Å². The van der Waals surface area contributed by atoms with E-state index in [2.05, 4.69) is 5.32 Å². The van der Waals surface area contributed by atoms with E-state index in [0.717, 1.165) is 11.1 Å². The van der Waals surface area contributed by atoms with E-state index in [9.17, 15) is 19.2 Å². The molecule has 32 heavy (non-hydrogen) atoms. The Bertz CT molecular complexity index is 1200. The Balaban J connectivity index is 1.61. The summed E-state index contributed by atoms with van der Waals surface area (Å²) in [6.07, 6.45) is 2.86. The predicted molar refractivity (Wildman–Crippen MR) is 119 cm³/mol. The van der Waals surface area contributed by atoms with Gasteiger partial charge in [-0.3, -0.25) is 24.0 Å². The van der Waals surface area contributed by atoms with E-state index in [0.29, 0.717) is 37.0 Å². The molecule has 0 bridgehead atoms. The van der Waals surface area contributed by atoms with Crippen LogP contribution in [0.3, 0.4) is 0 Å². The third-order valence-corrected chi connectivity index (χ3v) is 5.84. The summed E-state index contributed by atoms with van der Waals surface area (Å²) in [5.41, 5.74) is 2.60. The molecule has 3 heterocycles. The van der Waals surface area contributed by atoms with E-state index in [1.807, 2.05) is 45.0 Å². The molecule has 1 fully saturated rings. The number of aryl methyl sites for hydroxylation is 1. The lowest BCUT2D eigenvalue weighted by Crippen LogP contribution is -2.44. The zero-order valence-corrected chi connectivity index (χ0v) is 18.8. The van der Waals surface area contributed by atoms with Gasteiger partial charge in [-0.15, -0.1) is 0 Å². The average Bonchev–Trinajstić information content (AvgIpc) is 2.97. The highest BCUT2D eigenvalue weighted by Crippen LogP contribution is 2.28. The van der Waals surface area contributed by atoms with Gasteiger partial charge in [0.25, 0.3) is 0 Å². The topological polar surface area (TPSA) is 103 Å². The molecule has 0 radical (unpaired) electrons. The summed E-state index contributed by atoms with van der Waals surface area (Å²) >= 11 is 0. The number of rotatable bonds is 2. The number of benzene rings is 1. The Morgan fingerprint density at radius 2 is 1.88 bits per heavy atom. The highest BCUT2D eigenvalue weighted by molar-refractivity contribution is 6.00. The summed E-state index contributed by atoms with van der Waals surface area (Å²) < 4.78 is 8.44. The lowest BCUT2D eigenvalue weighted by molar-refractivity contribution is -0.135. The maximum atomic E-state index is 12.9.